The predicted octanol–water partition coefficient (Wildman–Crippen LogP) is 4.23. The lowest BCUT2D eigenvalue weighted by molar-refractivity contribution is 0.458. The fourth-order valence-electron chi connectivity index (χ4n) is 2.17. The molecule has 0 atom stereocenters. The van der Waals surface area contributed by atoms with Gasteiger partial charge in [-0.05, 0) is 41.6 Å². The molecule has 0 bridgehead atoms. The average Bonchev–Trinajstić information content (AvgIpc) is 2.86. The number of halogens is 1. The maximum atomic E-state index is 6.00. The second-order valence-electron chi connectivity index (χ2n) is 5.20. The Kier molecular flexibility index (Phi) is 3.51. The fraction of sp³-hybridized carbons (Fsp3) is 0.267. The summed E-state index contributed by atoms with van der Waals surface area (Å²) in [5.74, 6) is 1.50. The van der Waals surface area contributed by atoms with Crippen LogP contribution in [0.3, 0.4) is 0 Å². The molecule has 0 aliphatic rings. The van der Waals surface area contributed by atoms with Crippen LogP contribution in [0.25, 0.3) is 11.2 Å². The Hall–Kier alpha value is -2.14. The summed E-state index contributed by atoms with van der Waals surface area (Å²) in [4.78, 5) is 15.3. The highest BCUT2D eigenvalue weighted by Crippen LogP contribution is 2.33. The van der Waals surface area contributed by atoms with Gasteiger partial charge in [-0.3, -0.25) is 0 Å². The van der Waals surface area contributed by atoms with E-state index < -0.39 is 0 Å². The molecule has 3 aromatic rings. The van der Waals surface area contributed by atoms with Crippen LogP contribution in [0, 0.1) is 6.92 Å². The van der Waals surface area contributed by atoms with E-state index in [2.05, 4.69) is 45.9 Å². The van der Waals surface area contributed by atoms with Crippen LogP contribution in [0.4, 0.5) is 0 Å². The van der Waals surface area contributed by atoms with Crippen LogP contribution in [0.15, 0.2) is 24.5 Å². The minimum atomic E-state index is 0.114. The number of H-pyrrole nitrogens is 1. The van der Waals surface area contributed by atoms with Crippen LogP contribution in [-0.4, -0.2) is 19.9 Å². The Bertz CT molecular complexity index is 797. The predicted molar refractivity (Wildman–Crippen MR) is 82.0 cm³/mol. The van der Waals surface area contributed by atoms with E-state index in [1.165, 1.54) is 0 Å². The molecule has 3 rings (SSSR count). The summed E-state index contributed by atoms with van der Waals surface area (Å²) in [7, 11) is 0. The second-order valence-corrected chi connectivity index (χ2v) is 5.54. The van der Waals surface area contributed by atoms with Crippen molar-refractivity contribution in [2.24, 2.45) is 0 Å². The molecule has 2 aromatic heterocycles. The Morgan fingerprint density at radius 1 is 1.24 bits per heavy atom. The van der Waals surface area contributed by atoms with E-state index in [4.69, 9.17) is 16.3 Å². The highest BCUT2D eigenvalue weighted by atomic mass is 35.5. The molecular formula is C15H15ClN4O. The number of rotatable bonds is 3. The number of ether oxygens (including phenoxy) is 1. The Morgan fingerprint density at radius 2 is 2.05 bits per heavy atom. The molecule has 0 aliphatic carbocycles. The number of hydrogen-bond acceptors (Lipinski definition) is 4. The first-order valence-corrected chi connectivity index (χ1v) is 7.07. The van der Waals surface area contributed by atoms with Gasteiger partial charge in [0, 0.05) is 0 Å². The fourth-order valence-corrected chi connectivity index (χ4v) is 2.32. The van der Waals surface area contributed by atoms with E-state index in [0.29, 0.717) is 23.0 Å². The standard InChI is InChI=1S/C15H15ClN4O/c1-8(2)10-5-4-9(3)6-11(10)21-14-12-13(18-7-17-12)19-15(16)20-14/h4-8H,1-3H3,(H,17,18,19,20). The molecular weight excluding hydrogens is 288 g/mol. The largest absolute Gasteiger partial charge is 0.437 e. The van der Waals surface area contributed by atoms with Crippen molar-refractivity contribution >= 4 is 22.8 Å². The van der Waals surface area contributed by atoms with Gasteiger partial charge in [-0.15, -0.1) is 0 Å². The van der Waals surface area contributed by atoms with Crippen LogP contribution in [-0.2, 0) is 0 Å². The van der Waals surface area contributed by atoms with E-state index in [9.17, 15) is 0 Å². The van der Waals surface area contributed by atoms with Crippen LogP contribution >= 0.6 is 11.6 Å². The molecule has 0 radical (unpaired) electrons. The third-order valence-corrected chi connectivity index (χ3v) is 3.39. The van der Waals surface area contributed by atoms with Crippen LogP contribution < -0.4 is 4.74 Å². The highest BCUT2D eigenvalue weighted by Gasteiger charge is 2.14. The molecule has 0 saturated heterocycles. The quantitative estimate of drug-likeness (QED) is 0.735. The average molecular weight is 303 g/mol. The third kappa shape index (κ3) is 2.69. The van der Waals surface area contributed by atoms with Gasteiger partial charge in [0.05, 0.1) is 6.33 Å². The monoisotopic (exact) mass is 302 g/mol. The van der Waals surface area contributed by atoms with Crippen LogP contribution in [0.2, 0.25) is 5.28 Å². The third-order valence-electron chi connectivity index (χ3n) is 3.22. The van der Waals surface area contributed by atoms with Gasteiger partial charge < -0.3 is 9.72 Å². The molecule has 6 heteroatoms. The van der Waals surface area contributed by atoms with Crippen molar-refractivity contribution in [3.63, 3.8) is 0 Å². The van der Waals surface area contributed by atoms with Gasteiger partial charge in [0.2, 0.25) is 11.2 Å². The highest BCUT2D eigenvalue weighted by molar-refractivity contribution is 6.28. The lowest BCUT2D eigenvalue weighted by Gasteiger charge is -2.14. The van der Waals surface area contributed by atoms with Crippen molar-refractivity contribution in [2.45, 2.75) is 26.7 Å². The van der Waals surface area contributed by atoms with Gasteiger partial charge in [-0.2, -0.15) is 9.97 Å². The summed E-state index contributed by atoms with van der Waals surface area (Å²) in [6.07, 6.45) is 1.54. The smallest absolute Gasteiger partial charge is 0.250 e. The molecule has 0 aliphatic heterocycles. The lowest BCUT2D eigenvalue weighted by atomic mass is 10.0. The molecule has 1 N–H and O–H groups in total. The maximum Gasteiger partial charge on any atom is 0.250 e. The molecule has 0 amide bonds. The minimum Gasteiger partial charge on any atom is -0.437 e. The van der Waals surface area contributed by atoms with E-state index in [1.807, 2.05) is 13.0 Å². The number of fused-ring (bicyclic) bond motifs is 1. The van der Waals surface area contributed by atoms with E-state index in [0.717, 1.165) is 16.9 Å². The summed E-state index contributed by atoms with van der Waals surface area (Å²) in [5.41, 5.74) is 3.36. The number of nitrogens with one attached hydrogen (secondary N) is 1. The zero-order valence-electron chi connectivity index (χ0n) is 12.0. The molecule has 5 nitrogen and oxygen atoms in total. The Morgan fingerprint density at radius 3 is 2.81 bits per heavy atom. The van der Waals surface area contributed by atoms with Gasteiger partial charge in [0.15, 0.2) is 5.65 Å². The van der Waals surface area contributed by atoms with Gasteiger partial charge in [0.25, 0.3) is 0 Å². The first-order chi connectivity index (χ1) is 10.0. The van der Waals surface area contributed by atoms with Gasteiger partial charge in [0.1, 0.15) is 11.3 Å². The topological polar surface area (TPSA) is 63.7 Å². The van der Waals surface area contributed by atoms with Crippen molar-refractivity contribution in [3.8, 4) is 11.6 Å². The number of nitrogens with zero attached hydrogens (tertiary/aromatic N) is 3. The van der Waals surface area contributed by atoms with Crippen molar-refractivity contribution < 1.29 is 4.74 Å². The van der Waals surface area contributed by atoms with E-state index >= 15 is 0 Å². The minimum absolute atomic E-state index is 0.114. The normalized spacial score (nSPS) is 11.3. The van der Waals surface area contributed by atoms with Gasteiger partial charge in [-0.1, -0.05) is 26.0 Å². The summed E-state index contributed by atoms with van der Waals surface area (Å²) >= 11 is 5.92. The number of aryl methyl sites for hydroxylation is 1. The van der Waals surface area contributed by atoms with Gasteiger partial charge >= 0.3 is 0 Å². The molecule has 0 saturated carbocycles. The Labute approximate surface area is 127 Å². The molecule has 1 aromatic carbocycles. The number of aromatic amines is 1. The first-order valence-electron chi connectivity index (χ1n) is 6.69. The molecule has 21 heavy (non-hydrogen) atoms. The summed E-state index contributed by atoms with van der Waals surface area (Å²) in [6, 6.07) is 6.14. The summed E-state index contributed by atoms with van der Waals surface area (Å²) < 4.78 is 6.00. The molecule has 0 spiro atoms. The summed E-state index contributed by atoms with van der Waals surface area (Å²) in [6.45, 7) is 6.27. The molecule has 108 valence electrons. The molecule has 0 unspecified atom stereocenters. The maximum absolute atomic E-state index is 6.00. The van der Waals surface area contributed by atoms with Crippen molar-refractivity contribution in [1.82, 2.24) is 19.9 Å². The Balaban J connectivity index is 2.10. The number of imidazole rings is 1. The second kappa shape index (κ2) is 5.33. The molecule has 0 fully saturated rings. The zero-order valence-corrected chi connectivity index (χ0v) is 12.8. The van der Waals surface area contributed by atoms with Crippen LogP contribution in [0.5, 0.6) is 11.6 Å². The van der Waals surface area contributed by atoms with Gasteiger partial charge in [-0.25, -0.2) is 4.98 Å². The van der Waals surface area contributed by atoms with Crippen molar-refractivity contribution in [2.75, 3.05) is 0 Å². The molecule has 2 heterocycles. The zero-order chi connectivity index (χ0) is 15.0. The van der Waals surface area contributed by atoms with E-state index in [1.54, 1.807) is 6.33 Å². The number of benzene rings is 1. The summed E-state index contributed by atoms with van der Waals surface area (Å²) in [5, 5.41) is 0.114. The lowest BCUT2D eigenvalue weighted by Crippen LogP contribution is -1.98. The number of hydrogen-bond donors (Lipinski definition) is 1. The van der Waals surface area contributed by atoms with E-state index in [-0.39, 0.29) is 5.28 Å². The SMILES string of the molecule is Cc1ccc(C(C)C)c(Oc2nc(Cl)nc3nc[nH]c23)c1. The van der Waals surface area contributed by atoms with Crippen molar-refractivity contribution in [1.29, 1.82) is 0 Å². The van der Waals surface area contributed by atoms with Crippen molar-refractivity contribution in [3.05, 3.63) is 40.9 Å². The van der Waals surface area contributed by atoms with Crippen LogP contribution in [0.1, 0.15) is 30.9 Å². The number of aromatic nitrogens is 4. The first kappa shape index (κ1) is 13.8.